The van der Waals surface area contributed by atoms with Gasteiger partial charge in [-0.05, 0) is 148 Å². The fourth-order valence-electron chi connectivity index (χ4n) is 10.7. The van der Waals surface area contributed by atoms with Crippen molar-refractivity contribution in [3.8, 4) is 0 Å². The molecule has 3 N–H and O–H groups in total. The Kier molecular flexibility index (Phi) is 73.3. The number of rotatable bonds is 76. The van der Waals surface area contributed by atoms with E-state index in [4.69, 9.17) is 37.0 Å². The predicted octanol–water partition coefficient (Wildman–Crippen LogP) is 23.9. The van der Waals surface area contributed by atoms with E-state index in [1.807, 2.05) is 18.2 Å². The van der Waals surface area contributed by atoms with Crippen molar-refractivity contribution < 1.29 is 80.2 Å². The van der Waals surface area contributed by atoms with Crippen LogP contribution in [-0.2, 0) is 65.4 Å². The summed E-state index contributed by atoms with van der Waals surface area (Å²) in [7, 11) is -9.99. The number of hydrogen-bond donors (Lipinski definition) is 3. The molecular weight excluding hydrogens is 1350 g/mol. The average molecular weight is 1500 g/mol. The standard InChI is InChI=1S/C85H146O17P2/c1-5-9-13-17-21-25-29-33-37-38-39-40-44-46-50-54-58-62-66-70-83(88)96-76-81(102-85(90)72-68-64-60-56-52-48-43-36-32-28-24-20-16-12-8-4)78-100-104(93,94)98-74-79(86)73-97-103(91,92)99-77-80(101-84(89)71-67-63-59-55-51-47-42-35-31-27-23-19-15-11-7-3)75-95-82(87)69-65-61-57-53-49-45-41-34-30-26-22-18-14-10-6-2/h9,13,21,24-26,28,30,33,35-37,39-40,42-43,46,50,58,62,79-81,86H,5-8,10-12,14-20,22-23,27,29,31-32,34,38,41,44-45,47-49,51-57,59-61,63-78H2,1-4H3,(H,91,92)(H,93,94)/b13-9-,25-21-,28-24-,30-26-,37-33-,40-39-,42-35-,43-36-,50-46-,62-58-/t79-,80+,81+/m0/s1. The van der Waals surface area contributed by atoms with Crippen LogP contribution in [0.1, 0.15) is 336 Å². The van der Waals surface area contributed by atoms with Crippen molar-refractivity contribution in [2.24, 2.45) is 0 Å². The molecule has 0 aromatic rings. The van der Waals surface area contributed by atoms with Gasteiger partial charge in [-0.25, -0.2) is 9.13 Å². The fraction of sp³-hybridized carbons (Fsp3) is 0.718. The highest BCUT2D eigenvalue weighted by Gasteiger charge is 2.30. The van der Waals surface area contributed by atoms with E-state index in [0.717, 1.165) is 154 Å². The van der Waals surface area contributed by atoms with E-state index < -0.39 is 97.5 Å². The molecule has 5 atom stereocenters. The monoisotopic (exact) mass is 1500 g/mol. The molecule has 0 aromatic heterocycles. The summed E-state index contributed by atoms with van der Waals surface area (Å²) in [6.45, 7) is 4.63. The number of aliphatic hydroxyl groups is 1. The van der Waals surface area contributed by atoms with E-state index in [9.17, 15) is 43.2 Å². The van der Waals surface area contributed by atoms with Crippen LogP contribution in [0.5, 0.6) is 0 Å². The maximum atomic E-state index is 13.1. The summed E-state index contributed by atoms with van der Waals surface area (Å²) in [5.41, 5.74) is 0. The number of phosphoric acid groups is 2. The van der Waals surface area contributed by atoms with Gasteiger partial charge in [0.1, 0.15) is 19.3 Å². The quantitative estimate of drug-likeness (QED) is 0.0169. The molecule has 0 bridgehead atoms. The van der Waals surface area contributed by atoms with Gasteiger partial charge in [0, 0.05) is 25.7 Å². The number of unbranched alkanes of at least 4 members (excludes halogenated alkanes) is 30. The number of phosphoric ester groups is 2. The first-order valence-corrected chi connectivity index (χ1v) is 43.8. The molecule has 0 amide bonds. The van der Waals surface area contributed by atoms with Gasteiger partial charge in [0.2, 0.25) is 0 Å². The zero-order valence-electron chi connectivity index (χ0n) is 65.4. The molecule has 2 unspecified atom stereocenters. The predicted molar refractivity (Wildman–Crippen MR) is 427 cm³/mol. The van der Waals surface area contributed by atoms with Gasteiger partial charge in [0.15, 0.2) is 12.2 Å². The van der Waals surface area contributed by atoms with Crippen LogP contribution in [0.15, 0.2) is 122 Å². The van der Waals surface area contributed by atoms with Gasteiger partial charge in [0.25, 0.3) is 0 Å². The molecule has 17 nitrogen and oxygen atoms in total. The molecular formula is C85H146O17P2. The van der Waals surface area contributed by atoms with E-state index in [2.05, 4.69) is 131 Å². The third kappa shape index (κ3) is 75.7. The first-order chi connectivity index (χ1) is 50.7. The molecule has 0 aliphatic rings. The smallest absolute Gasteiger partial charge is 0.462 e. The molecule has 0 aromatic carbocycles. The van der Waals surface area contributed by atoms with Crippen molar-refractivity contribution in [2.45, 2.75) is 354 Å². The summed E-state index contributed by atoms with van der Waals surface area (Å²) in [6.07, 6.45) is 84.7. The van der Waals surface area contributed by atoms with Crippen LogP contribution in [-0.4, -0.2) is 96.7 Å². The second kappa shape index (κ2) is 76.6. The Morgan fingerprint density at radius 1 is 0.279 bits per heavy atom. The van der Waals surface area contributed by atoms with Crippen LogP contribution in [0.25, 0.3) is 0 Å². The van der Waals surface area contributed by atoms with E-state index in [-0.39, 0.29) is 25.7 Å². The normalized spacial score (nSPS) is 14.5. The topological polar surface area (TPSA) is 237 Å². The molecule has 598 valence electrons. The third-order valence-electron chi connectivity index (χ3n) is 16.9. The number of carbonyl (C=O) groups is 4. The Bertz CT molecular complexity index is 2440. The number of aliphatic hydroxyl groups excluding tert-OH is 1. The zero-order valence-corrected chi connectivity index (χ0v) is 67.2. The lowest BCUT2D eigenvalue weighted by atomic mass is 10.1. The van der Waals surface area contributed by atoms with Crippen LogP contribution < -0.4 is 0 Å². The maximum absolute atomic E-state index is 13.1. The number of carbonyl (C=O) groups excluding carboxylic acids is 4. The lowest BCUT2D eigenvalue weighted by Crippen LogP contribution is -2.30. The first kappa shape index (κ1) is 99.5. The molecule has 0 saturated heterocycles. The van der Waals surface area contributed by atoms with Crippen LogP contribution in [0, 0.1) is 0 Å². The largest absolute Gasteiger partial charge is 0.472 e. The van der Waals surface area contributed by atoms with E-state index in [1.165, 1.54) is 96.3 Å². The summed E-state index contributed by atoms with van der Waals surface area (Å²) in [4.78, 5) is 73.0. The van der Waals surface area contributed by atoms with Crippen molar-refractivity contribution in [1.82, 2.24) is 0 Å². The van der Waals surface area contributed by atoms with Crippen molar-refractivity contribution in [3.05, 3.63) is 122 Å². The second-order valence-corrected chi connectivity index (χ2v) is 29.9. The molecule has 19 heteroatoms. The number of ether oxygens (including phenoxy) is 4. The van der Waals surface area contributed by atoms with Gasteiger partial charge in [0.05, 0.1) is 26.4 Å². The SMILES string of the molecule is CC/C=C\C/C=C\C/C=C\C/C=C\C/C=C\C/C=C\CCC(=O)OC[C@H](COP(=O)(O)OC[C@@H](O)COP(=O)(O)OC[C@@H](COC(=O)CCCCCCCCC/C=C\CCCCCC)OC(=O)CCCCCCC/C=C\CCCCCCCC)OC(=O)CCCCCCC/C=C\C/C=C\CCCCC. The molecule has 0 heterocycles. The lowest BCUT2D eigenvalue weighted by molar-refractivity contribution is -0.161. The number of esters is 4. The Morgan fingerprint density at radius 2 is 0.519 bits per heavy atom. The van der Waals surface area contributed by atoms with Gasteiger partial charge >= 0.3 is 39.5 Å². The summed E-state index contributed by atoms with van der Waals surface area (Å²) in [5.74, 6) is -2.29. The van der Waals surface area contributed by atoms with Gasteiger partial charge in [-0.1, -0.05) is 284 Å². The Hall–Kier alpha value is -4.54. The first-order valence-electron chi connectivity index (χ1n) is 40.8. The van der Waals surface area contributed by atoms with Crippen molar-refractivity contribution in [3.63, 3.8) is 0 Å². The van der Waals surface area contributed by atoms with Gasteiger partial charge in [-0.2, -0.15) is 0 Å². The zero-order chi connectivity index (χ0) is 76.0. The van der Waals surface area contributed by atoms with Gasteiger partial charge < -0.3 is 33.8 Å². The van der Waals surface area contributed by atoms with Crippen molar-refractivity contribution >= 4 is 39.5 Å². The summed E-state index contributed by atoms with van der Waals surface area (Å²) < 4.78 is 68.6. The Morgan fingerprint density at radius 3 is 0.865 bits per heavy atom. The van der Waals surface area contributed by atoms with Crippen molar-refractivity contribution in [1.29, 1.82) is 0 Å². The third-order valence-corrected chi connectivity index (χ3v) is 18.8. The van der Waals surface area contributed by atoms with E-state index >= 15 is 0 Å². The van der Waals surface area contributed by atoms with Crippen LogP contribution >= 0.6 is 15.6 Å². The second-order valence-electron chi connectivity index (χ2n) is 27.0. The Balaban J connectivity index is 5.44. The summed E-state index contributed by atoms with van der Waals surface area (Å²) in [5, 5.41) is 10.6. The molecule has 0 saturated carbocycles. The van der Waals surface area contributed by atoms with Gasteiger partial charge in [-0.15, -0.1) is 0 Å². The van der Waals surface area contributed by atoms with Crippen LogP contribution in [0.3, 0.4) is 0 Å². The minimum atomic E-state index is -5.00. The molecule has 0 aliphatic heterocycles. The van der Waals surface area contributed by atoms with Crippen LogP contribution in [0.4, 0.5) is 0 Å². The molecule has 0 fully saturated rings. The average Bonchev–Trinajstić information content (AvgIpc) is 0.918. The van der Waals surface area contributed by atoms with Gasteiger partial charge in [-0.3, -0.25) is 37.3 Å². The fourth-order valence-corrected chi connectivity index (χ4v) is 12.3. The highest BCUT2D eigenvalue weighted by atomic mass is 31.2. The van der Waals surface area contributed by atoms with E-state index in [0.29, 0.717) is 32.1 Å². The minimum Gasteiger partial charge on any atom is -0.462 e. The number of allylic oxidation sites excluding steroid dienone is 20. The molecule has 0 radical (unpaired) electrons. The maximum Gasteiger partial charge on any atom is 0.472 e. The summed E-state index contributed by atoms with van der Waals surface area (Å²) in [6, 6.07) is 0. The molecule has 0 spiro atoms. The minimum absolute atomic E-state index is 0.0311. The highest BCUT2D eigenvalue weighted by Crippen LogP contribution is 2.45. The Labute approximate surface area is 632 Å². The molecule has 0 rings (SSSR count). The molecule has 0 aliphatic carbocycles. The van der Waals surface area contributed by atoms with Crippen LogP contribution in [0.2, 0.25) is 0 Å². The number of hydrogen-bond acceptors (Lipinski definition) is 15. The summed E-state index contributed by atoms with van der Waals surface area (Å²) >= 11 is 0. The lowest BCUT2D eigenvalue weighted by Gasteiger charge is -2.21. The molecule has 104 heavy (non-hydrogen) atoms. The van der Waals surface area contributed by atoms with Crippen molar-refractivity contribution in [2.75, 3.05) is 39.6 Å². The highest BCUT2D eigenvalue weighted by molar-refractivity contribution is 7.47. The van der Waals surface area contributed by atoms with E-state index in [1.54, 1.807) is 0 Å².